The number of likely N-dealkylation sites (tertiary alicyclic amines) is 1. The fraction of sp³-hybridized carbons (Fsp3) is 0.696. The molecular formula is C23H40IN5. The molecule has 0 saturated carbocycles. The Balaban J connectivity index is 0.00000300. The third kappa shape index (κ3) is 7.63. The van der Waals surface area contributed by atoms with Crippen LogP contribution in [0.25, 0.3) is 0 Å². The van der Waals surface area contributed by atoms with Crippen molar-refractivity contribution in [1.82, 2.24) is 15.5 Å². The van der Waals surface area contributed by atoms with Crippen molar-refractivity contribution in [2.24, 2.45) is 10.9 Å². The van der Waals surface area contributed by atoms with E-state index in [-0.39, 0.29) is 30.0 Å². The van der Waals surface area contributed by atoms with Crippen molar-refractivity contribution in [2.45, 2.75) is 52.0 Å². The molecule has 5 nitrogen and oxygen atoms in total. The standard InChI is InChI=1S/C23H39N5.HI/c1-4-24-23(25-13-10-20-11-16-27(3)17-12-20)26-19(2)21-8-7-9-22(18-21)28-14-5-6-15-28;/h7-9,18-20H,4-6,10-17H2,1-3H3,(H2,24,25,26);1H. The second-order valence-corrected chi connectivity index (χ2v) is 8.45. The number of nitrogens with one attached hydrogen (secondary N) is 2. The highest BCUT2D eigenvalue weighted by molar-refractivity contribution is 14.0. The summed E-state index contributed by atoms with van der Waals surface area (Å²) in [5.41, 5.74) is 2.68. The van der Waals surface area contributed by atoms with Crippen molar-refractivity contribution >= 4 is 35.6 Å². The molecule has 2 heterocycles. The normalized spacial score (nSPS) is 19.7. The molecular weight excluding hydrogens is 473 g/mol. The lowest BCUT2D eigenvalue weighted by Gasteiger charge is -2.28. The second-order valence-electron chi connectivity index (χ2n) is 8.45. The number of piperidine rings is 1. The first-order chi connectivity index (χ1) is 13.7. The minimum atomic E-state index is 0. The van der Waals surface area contributed by atoms with Gasteiger partial charge in [-0.2, -0.15) is 0 Å². The van der Waals surface area contributed by atoms with E-state index in [1.165, 1.54) is 69.5 Å². The molecule has 1 aromatic rings. The lowest BCUT2D eigenvalue weighted by Crippen LogP contribution is -2.39. The predicted octanol–water partition coefficient (Wildman–Crippen LogP) is 4.25. The highest BCUT2D eigenvalue weighted by Crippen LogP contribution is 2.24. The third-order valence-corrected chi connectivity index (χ3v) is 6.18. The van der Waals surface area contributed by atoms with E-state index in [2.05, 4.69) is 65.6 Å². The molecule has 1 atom stereocenters. The summed E-state index contributed by atoms with van der Waals surface area (Å²) in [6.45, 7) is 11.0. The Morgan fingerprint density at radius 1 is 1.17 bits per heavy atom. The molecule has 2 saturated heterocycles. The summed E-state index contributed by atoms with van der Waals surface area (Å²) in [6, 6.07) is 9.22. The van der Waals surface area contributed by atoms with E-state index < -0.39 is 0 Å². The average molecular weight is 514 g/mol. The zero-order valence-corrected chi connectivity index (χ0v) is 20.8. The number of rotatable bonds is 7. The largest absolute Gasteiger partial charge is 0.372 e. The Kier molecular flexibility index (Phi) is 10.6. The van der Waals surface area contributed by atoms with Crippen LogP contribution in [0.4, 0.5) is 5.69 Å². The molecule has 1 unspecified atom stereocenters. The maximum atomic E-state index is 4.86. The van der Waals surface area contributed by atoms with E-state index in [1.54, 1.807) is 0 Å². The van der Waals surface area contributed by atoms with Crippen molar-refractivity contribution in [2.75, 3.05) is 51.2 Å². The van der Waals surface area contributed by atoms with Gasteiger partial charge in [0.15, 0.2) is 5.96 Å². The summed E-state index contributed by atoms with van der Waals surface area (Å²) >= 11 is 0. The first kappa shape index (κ1) is 24.3. The van der Waals surface area contributed by atoms with Gasteiger partial charge < -0.3 is 20.4 Å². The highest BCUT2D eigenvalue weighted by atomic mass is 127. The van der Waals surface area contributed by atoms with Crippen molar-refractivity contribution < 1.29 is 0 Å². The van der Waals surface area contributed by atoms with Crippen LogP contribution in [0, 0.1) is 5.92 Å². The molecule has 164 valence electrons. The Labute approximate surface area is 194 Å². The van der Waals surface area contributed by atoms with Crippen LogP contribution in [-0.2, 0) is 0 Å². The number of nitrogens with zero attached hydrogens (tertiary/aromatic N) is 3. The van der Waals surface area contributed by atoms with E-state index in [4.69, 9.17) is 4.99 Å². The quantitative estimate of drug-likeness (QED) is 0.325. The van der Waals surface area contributed by atoms with E-state index in [0.717, 1.165) is 25.0 Å². The van der Waals surface area contributed by atoms with Gasteiger partial charge in [-0.25, -0.2) is 0 Å². The summed E-state index contributed by atoms with van der Waals surface area (Å²) in [5, 5.41) is 7.03. The topological polar surface area (TPSA) is 42.9 Å². The number of benzene rings is 1. The molecule has 1 aromatic carbocycles. The maximum absolute atomic E-state index is 4.86. The van der Waals surface area contributed by atoms with Crippen molar-refractivity contribution in [3.05, 3.63) is 29.8 Å². The zero-order chi connectivity index (χ0) is 19.8. The number of aliphatic imine (C=N–C) groups is 1. The summed E-state index contributed by atoms with van der Waals surface area (Å²) in [6.07, 6.45) is 6.45. The molecule has 2 aliphatic heterocycles. The highest BCUT2D eigenvalue weighted by Gasteiger charge is 2.17. The van der Waals surface area contributed by atoms with E-state index in [0.29, 0.717) is 0 Å². The van der Waals surface area contributed by atoms with Gasteiger partial charge in [0.25, 0.3) is 0 Å². The van der Waals surface area contributed by atoms with Gasteiger partial charge in [-0.05, 0) is 89.7 Å². The van der Waals surface area contributed by atoms with Crippen LogP contribution in [0.1, 0.15) is 57.6 Å². The van der Waals surface area contributed by atoms with E-state index >= 15 is 0 Å². The van der Waals surface area contributed by atoms with Gasteiger partial charge in [-0.15, -0.1) is 24.0 Å². The molecule has 6 heteroatoms. The van der Waals surface area contributed by atoms with Crippen molar-refractivity contribution in [1.29, 1.82) is 0 Å². The average Bonchev–Trinajstić information content (AvgIpc) is 3.24. The zero-order valence-electron chi connectivity index (χ0n) is 18.5. The number of guanidine groups is 1. The van der Waals surface area contributed by atoms with Crippen molar-refractivity contribution in [3.8, 4) is 0 Å². The Morgan fingerprint density at radius 3 is 2.59 bits per heavy atom. The fourth-order valence-electron chi connectivity index (χ4n) is 4.28. The molecule has 29 heavy (non-hydrogen) atoms. The molecule has 2 N–H and O–H groups in total. The molecule has 0 amide bonds. The van der Waals surface area contributed by atoms with Crippen LogP contribution >= 0.6 is 24.0 Å². The van der Waals surface area contributed by atoms with Gasteiger partial charge in [-0.3, -0.25) is 4.99 Å². The first-order valence-electron chi connectivity index (χ1n) is 11.2. The molecule has 2 aliphatic rings. The fourth-order valence-corrected chi connectivity index (χ4v) is 4.28. The third-order valence-electron chi connectivity index (χ3n) is 6.18. The van der Waals surface area contributed by atoms with E-state index in [1.807, 2.05) is 0 Å². The molecule has 0 aromatic heterocycles. The van der Waals surface area contributed by atoms with Gasteiger partial charge in [0.1, 0.15) is 0 Å². The van der Waals surface area contributed by atoms with Crippen LogP contribution in [0.3, 0.4) is 0 Å². The monoisotopic (exact) mass is 513 g/mol. The number of hydrogen-bond donors (Lipinski definition) is 2. The summed E-state index contributed by atoms with van der Waals surface area (Å²) < 4.78 is 0. The minimum Gasteiger partial charge on any atom is -0.372 e. The van der Waals surface area contributed by atoms with Crippen LogP contribution in [0.15, 0.2) is 29.3 Å². The summed E-state index contributed by atoms with van der Waals surface area (Å²) in [7, 11) is 2.22. The van der Waals surface area contributed by atoms with Crippen molar-refractivity contribution in [3.63, 3.8) is 0 Å². The van der Waals surface area contributed by atoms with Crippen LogP contribution in [0.2, 0.25) is 0 Å². The lowest BCUT2D eigenvalue weighted by molar-refractivity contribution is 0.214. The Hall–Kier alpha value is -1.02. The van der Waals surface area contributed by atoms with Gasteiger partial charge in [-0.1, -0.05) is 12.1 Å². The smallest absolute Gasteiger partial charge is 0.191 e. The maximum Gasteiger partial charge on any atom is 0.191 e. The van der Waals surface area contributed by atoms with Crippen LogP contribution in [-0.4, -0.2) is 57.2 Å². The van der Waals surface area contributed by atoms with Gasteiger partial charge in [0, 0.05) is 31.9 Å². The predicted molar refractivity (Wildman–Crippen MR) is 136 cm³/mol. The summed E-state index contributed by atoms with van der Waals surface area (Å²) in [5.74, 6) is 1.77. The molecule has 3 rings (SSSR count). The molecule has 0 aliphatic carbocycles. The Bertz CT molecular complexity index is 621. The molecule has 0 bridgehead atoms. The number of halogens is 1. The lowest BCUT2D eigenvalue weighted by atomic mass is 9.94. The van der Waals surface area contributed by atoms with E-state index in [9.17, 15) is 0 Å². The van der Waals surface area contributed by atoms with Gasteiger partial charge in [0.2, 0.25) is 0 Å². The van der Waals surface area contributed by atoms with Crippen LogP contribution in [0.5, 0.6) is 0 Å². The Morgan fingerprint density at radius 2 is 1.90 bits per heavy atom. The van der Waals surface area contributed by atoms with Gasteiger partial charge >= 0.3 is 0 Å². The molecule has 0 radical (unpaired) electrons. The molecule has 0 spiro atoms. The van der Waals surface area contributed by atoms with Gasteiger partial charge in [0.05, 0.1) is 6.04 Å². The minimum absolute atomic E-state index is 0. The number of anilines is 1. The summed E-state index contributed by atoms with van der Waals surface area (Å²) in [4.78, 5) is 9.79. The SMILES string of the molecule is CCNC(=NCCC1CCN(C)CC1)NC(C)c1cccc(N2CCCC2)c1.I. The number of hydrogen-bond acceptors (Lipinski definition) is 3. The first-order valence-corrected chi connectivity index (χ1v) is 11.2. The second kappa shape index (κ2) is 12.6. The molecule has 2 fully saturated rings. The van der Waals surface area contributed by atoms with Crippen LogP contribution < -0.4 is 15.5 Å².